The standard InChI is InChI=1S/C22H21N5O3/c1-3-4-10-16-11-12-26(24-16)19(15-8-6-5-7-9-15)17-14-25(2)22(30)20-21(29)18(28)13-23-27(17)20/h5-9,11-13,17,19,29H,3,14H2,1-2H3. The summed E-state index contributed by atoms with van der Waals surface area (Å²) in [7, 11) is 1.64. The molecule has 0 radical (unpaired) electrons. The van der Waals surface area contributed by atoms with Crippen LogP contribution in [0.25, 0.3) is 0 Å². The molecule has 0 saturated heterocycles. The molecule has 0 saturated carbocycles. The van der Waals surface area contributed by atoms with Crippen LogP contribution in [0.5, 0.6) is 5.75 Å². The maximum absolute atomic E-state index is 12.7. The molecular formula is C22H21N5O3. The number of hydrogen-bond donors (Lipinski definition) is 1. The zero-order valence-corrected chi connectivity index (χ0v) is 16.7. The van der Waals surface area contributed by atoms with E-state index < -0.39 is 23.1 Å². The lowest BCUT2D eigenvalue weighted by Gasteiger charge is -2.37. The minimum absolute atomic E-state index is 0.111. The van der Waals surface area contributed by atoms with Gasteiger partial charge in [0.25, 0.3) is 5.91 Å². The van der Waals surface area contributed by atoms with Crippen LogP contribution in [-0.2, 0) is 0 Å². The number of rotatable bonds is 3. The van der Waals surface area contributed by atoms with Crippen molar-refractivity contribution in [2.75, 3.05) is 13.6 Å². The van der Waals surface area contributed by atoms with Crippen molar-refractivity contribution in [3.05, 3.63) is 76.0 Å². The van der Waals surface area contributed by atoms with Crippen molar-refractivity contribution in [1.29, 1.82) is 0 Å². The van der Waals surface area contributed by atoms with Crippen LogP contribution in [0, 0.1) is 11.8 Å². The molecule has 2 unspecified atom stereocenters. The zero-order chi connectivity index (χ0) is 21.3. The van der Waals surface area contributed by atoms with Crippen molar-refractivity contribution in [3.8, 4) is 17.6 Å². The predicted molar refractivity (Wildman–Crippen MR) is 110 cm³/mol. The van der Waals surface area contributed by atoms with E-state index in [2.05, 4.69) is 22.0 Å². The van der Waals surface area contributed by atoms with Crippen molar-refractivity contribution in [2.24, 2.45) is 0 Å². The fraction of sp³-hybridized carbons (Fsp3) is 0.273. The van der Waals surface area contributed by atoms with Crippen LogP contribution in [0.1, 0.15) is 47.2 Å². The van der Waals surface area contributed by atoms with Crippen LogP contribution in [0.2, 0.25) is 0 Å². The van der Waals surface area contributed by atoms with Crippen LogP contribution < -0.4 is 5.43 Å². The molecule has 0 spiro atoms. The monoisotopic (exact) mass is 403 g/mol. The van der Waals surface area contributed by atoms with Gasteiger partial charge in [-0.15, -0.1) is 0 Å². The second-order valence-electron chi connectivity index (χ2n) is 7.10. The summed E-state index contributed by atoms with van der Waals surface area (Å²) in [5.74, 6) is 5.00. The third kappa shape index (κ3) is 3.35. The van der Waals surface area contributed by atoms with E-state index in [-0.39, 0.29) is 11.7 Å². The molecule has 2 atom stereocenters. The number of fused-ring (bicyclic) bond motifs is 1. The zero-order valence-electron chi connectivity index (χ0n) is 16.7. The Morgan fingerprint density at radius 1 is 1.23 bits per heavy atom. The smallest absolute Gasteiger partial charge is 0.275 e. The maximum atomic E-state index is 12.7. The number of aromatic hydroxyl groups is 1. The fourth-order valence-corrected chi connectivity index (χ4v) is 3.70. The van der Waals surface area contributed by atoms with Gasteiger partial charge in [-0.25, -0.2) is 4.68 Å². The number of hydrogen-bond acceptors (Lipinski definition) is 5. The molecule has 1 aliphatic heterocycles. The Hall–Kier alpha value is -3.86. The molecule has 1 N–H and O–H groups in total. The number of likely N-dealkylation sites (N-methyl/N-ethyl adjacent to an activating group) is 1. The lowest BCUT2D eigenvalue weighted by atomic mass is 9.97. The van der Waals surface area contributed by atoms with E-state index in [1.54, 1.807) is 11.7 Å². The number of amides is 1. The van der Waals surface area contributed by atoms with E-state index in [0.717, 1.165) is 18.2 Å². The SMILES string of the molecule is CCC#Cc1ccn(C(c2ccccc2)C2CN(C)C(=O)c3c(O)c(=O)cnn32)n1. The summed E-state index contributed by atoms with van der Waals surface area (Å²) >= 11 is 0. The van der Waals surface area contributed by atoms with E-state index in [9.17, 15) is 14.7 Å². The molecule has 3 aromatic rings. The summed E-state index contributed by atoms with van der Waals surface area (Å²) in [6.07, 6.45) is 3.61. The van der Waals surface area contributed by atoms with E-state index in [1.807, 2.05) is 49.5 Å². The highest BCUT2D eigenvalue weighted by Gasteiger charge is 2.38. The number of carbonyl (C=O) groups excluding carboxylic acids is 1. The van der Waals surface area contributed by atoms with E-state index in [0.29, 0.717) is 12.2 Å². The van der Waals surface area contributed by atoms with Gasteiger partial charge in [-0.3, -0.25) is 14.3 Å². The van der Waals surface area contributed by atoms with Crippen LogP contribution in [0.15, 0.2) is 53.6 Å². The average Bonchev–Trinajstić information content (AvgIpc) is 3.21. The molecule has 1 aromatic carbocycles. The first-order valence-electron chi connectivity index (χ1n) is 9.66. The van der Waals surface area contributed by atoms with Crippen molar-refractivity contribution in [3.63, 3.8) is 0 Å². The molecule has 0 fully saturated rings. The minimum Gasteiger partial charge on any atom is -0.502 e. The third-order valence-electron chi connectivity index (χ3n) is 5.10. The Labute approximate surface area is 173 Å². The fourth-order valence-electron chi connectivity index (χ4n) is 3.70. The van der Waals surface area contributed by atoms with Gasteiger partial charge in [-0.1, -0.05) is 43.2 Å². The molecule has 30 heavy (non-hydrogen) atoms. The lowest BCUT2D eigenvalue weighted by molar-refractivity contribution is 0.0667. The Balaban J connectivity index is 1.90. The van der Waals surface area contributed by atoms with Gasteiger partial charge in [0.05, 0.1) is 12.2 Å². The van der Waals surface area contributed by atoms with Gasteiger partial charge < -0.3 is 10.0 Å². The molecule has 3 heterocycles. The van der Waals surface area contributed by atoms with Crippen LogP contribution in [0.3, 0.4) is 0 Å². The highest BCUT2D eigenvalue weighted by Crippen LogP contribution is 2.35. The van der Waals surface area contributed by atoms with Gasteiger partial charge in [0.1, 0.15) is 11.7 Å². The topological polar surface area (TPSA) is 93.3 Å². The van der Waals surface area contributed by atoms with Crippen molar-refractivity contribution in [2.45, 2.75) is 25.4 Å². The van der Waals surface area contributed by atoms with Gasteiger partial charge in [0, 0.05) is 26.2 Å². The van der Waals surface area contributed by atoms with Gasteiger partial charge >= 0.3 is 0 Å². The first-order chi connectivity index (χ1) is 14.5. The highest BCUT2D eigenvalue weighted by molar-refractivity contribution is 5.95. The number of carbonyl (C=O) groups is 1. The predicted octanol–water partition coefficient (Wildman–Crippen LogP) is 1.82. The molecule has 8 heteroatoms. The minimum atomic E-state index is -0.684. The summed E-state index contributed by atoms with van der Waals surface area (Å²) < 4.78 is 3.24. The normalized spacial score (nSPS) is 16.5. The molecule has 0 bridgehead atoms. The highest BCUT2D eigenvalue weighted by atomic mass is 16.3. The summed E-state index contributed by atoms with van der Waals surface area (Å²) in [4.78, 5) is 26.1. The van der Waals surface area contributed by atoms with Gasteiger partial charge in [0.15, 0.2) is 11.4 Å². The lowest BCUT2D eigenvalue weighted by Crippen LogP contribution is -2.46. The first-order valence-corrected chi connectivity index (χ1v) is 9.66. The summed E-state index contributed by atoms with van der Waals surface area (Å²) in [5, 5.41) is 19.1. The summed E-state index contributed by atoms with van der Waals surface area (Å²) in [5.41, 5.74) is 0.805. The van der Waals surface area contributed by atoms with E-state index in [1.165, 1.54) is 9.58 Å². The Morgan fingerprint density at radius 2 is 2.00 bits per heavy atom. The Kier molecular flexibility index (Phi) is 5.11. The molecule has 0 aliphatic carbocycles. The summed E-state index contributed by atoms with van der Waals surface area (Å²) in [6, 6.07) is 10.8. The molecule has 1 amide bonds. The molecule has 4 rings (SSSR count). The summed E-state index contributed by atoms with van der Waals surface area (Å²) in [6.45, 7) is 2.30. The number of benzene rings is 1. The van der Waals surface area contributed by atoms with Crippen LogP contribution in [0.4, 0.5) is 0 Å². The third-order valence-corrected chi connectivity index (χ3v) is 5.10. The molecular weight excluding hydrogens is 382 g/mol. The van der Waals surface area contributed by atoms with Gasteiger partial charge in [-0.05, 0) is 17.6 Å². The van der Waals surface area contributed by atoms with Crippen molar-refractivity contribution in [1.82, 2.24) is 24.5 Å². The van der Waals surface area contributed by atoms with Crippen molar-refractivity contribution >= 4 is 5.91 Å². The molecule has 2 aromatic heterocycles. The maximum Gasteiger partial charge on any atom is 0.275 e. The van der Waals surface area contributed by atoms with Crippen molar-refractivity contribution < 1.29 is 9.90 Å². The number of nitrogens with zero attached hydrogens (tertiary/aromatic N) is 5. The number of aromatic nitrogens is 4. The van der Waals surface area contributed by atoms with Crippen LogP contribution in [-0.4, -0.2) is 49.1 Å². The Bertz CT molecular complexity index is 1200. The average molecular weight is 403 g/mol. The second-order valence-corrected chi connectivity index (χ2v) is 7.10. The second kappa shape index (κ2) is 7.87. The van der Waals surface area contributed by atoms with Gasteiger partial charge in [0.2, 0.25) is 5.43 Å². The quantitative estimate of drug-likeness (QED) is 0.674. The molecule has 1 aliphatic rings. The van der Waals surface area contributed by atoms with E-state index >= 15 is 0 Å². The molecule has 8 nitrogen and oxygen atoms in total. The Morgan fingerprint density at radius 3 is 2.73 bits per heavy atom. The van der Waals surface area contributed by atoms with Crippen LogP contribution >= 0.6 is 0 Å². The van der Waals surface area contributed by atoms with E-state index in [4.69, 9.17) is 0 Å². The van der Waals surface area contributed by atoms with Gasteiger partial charge in [-0.2, -0.15) is 10.2 Å². The largest absolute Gasteiger partial charge is 0.502 e. The molecule has 152 valence electrons. The first kappa shape index (κ1) is 19.5.